The van der Waals surface area contributed by atoms with E-state index in [0.717, 1.165) is 11.4 Å². The third-order valence-corrected chi connectivity index (χ3v) is 8.08. The van der Waals surface area contributed by atoms with Crippen molar-refractivity contribution in [1.29, 1.82) is 0 Å². The highest BCUT2D eigenvalue weighted by Crippen LogP contribution is 2.29. The second kappa shape index (κ2) is 9.10. The Morgan fingerprint density at radius 1 is 1.36 bits per heavy atom. The second-order valence-corrected chi connectivity index (χ2v) is 10.7. The van der Waals surface area contributed by atoms with Crippen LogP contribution in [-0.2, 0) is 14.6 Å². The molecule has 8 nitrogen and oxygen atoms in total. The first-order valence-electron chi connectivity index (χ1n) is 8.77. The predicted octanol–water partition coefficient (Wildman–Crippen LogP) is 2.42. The van der Waals surface area contributed by atoms with Gasteiger partial charge in [-0.25, -0.2) is 8.42 Å². The summed E-state index contributed by atoms with van der Waals surface area (Å²) in [6.07, 6.45) is 0.515. The van der Waals surface area contributed by atoms with E-state index in [-0.39, 0.29) is 29.2 Å². The topological polar surface area (TPSA) is 101 Å². The lowest BCUT2D eigenvalue weighted by molar-refractivity contribution is -0.129. The lowest BCUT2D eigenvalue weighted by Crippen LogP contribution is -2.41. The molecule has 0 radical (unpaired) electrons. The third kappa shape index (κ3) is 5.36. The fraction of sp³-hybridized carbons (Fsp3) is 0.471. The molecule has 11 heteroatoms. The van der Waals surface area contributed by atoms with Gasteiger partial charge in [0.25, 0.3) is 0 Å². The van der Waals surface area contributed by atoms with E-state index < -0.39 is 9.84 Å². The molecule has 1 aromatic heterocycles. The molecule has 28 heavy (non-hydrogen) atoms. The van der Waals surface area contributed by atoms with Crippen molar-refractivity contribution in [2.24, 2.45) is 0 Å². The van der Waals surface area contributed by atoms with Crippen LogP contribution < -0.4 is 10.1 Å². The smallest absolute Gasteiger partial charge is 0.233 e. The van der Waals surface area contributed by atoms with Gasteiger partial charge in [-0.05, 0) is 37.6 Å². The zero-order valence-electron chi connectivity index (χ0n) is 15.6. The van der Waals surface area contributed by atoms with Gasteiger partial charge in [-0.3, -0.25) is 4.79 Å². The number of nitrogens with one attached hydrogen (secondary N) is 1. The summed E-state index contributed by atoms with van der Waals surface area (Å²) >= 11 is 2.68. The average molecular weight is 443 g/mol. The molecule has 1 N–H and O–H groups in total. The van der Waals surface area contributed by atoms with Crippen molar-refractivity contribution >= 4 is 49.7 Å². The van der Waals surface area contributed by atoms with Gasteiger partial charge in [0.15, 0.2) is 14.2 Å². The fourth-order valence-electron chi connectivity index (χ4n) is 2.98. The number of carbonyl (C=O) groups is 1. The third-order valence-electron chi connectivity index (χ3n) is 4.38. The Morgan fingerprint density at radius 3 is 2.71 bits per heavy atom. The number of sulfone groups is 1. The number of hydrogen-bond acceptors (Lipinski definition) is 9. The molecule has 0 spiro atoms. The first kappa shape index (κ1) is 20.9. The number of carbonyl (C=O) groups excluding carboxylic acids is 1. The first-order chi connectivity index (χ1) is 13.4. The van der Waals surface area contributed by atoms with Crippen LogP contribution in [0.25, 0.3) is 0 Å². The van der Waals surface area contributed by atoms with Gasteiger partial charge in [-0.15, -0.1) is 10.2 Å². The molecule has 0 bridgehead atoms. The molecule has 1 aromatic carbocycles. The Labute approximate surface area is 172 Å². The Balaban J connectivity index is 1.53. The largest absolute Gasteiger partial charge is 0.497 e. The van der Waals surface area contributed by atoms with E-state index >= 15 is 0 Å². The standard InChI is InChI=1S/C17H22N4O4S3/c1-3-21(13-8-9-28(23,24)11-13)15(22)10-26-17-20-19-16(27-17)18-12-4-6-14(25-2)7-5-12/h4-7,13H,3,8-11H2,1-2H3,(H,18,19)/t13-/m1/s1. The van der Waals surface area contributed by atoms with E-state index in [1.807, 2.05) is 31.2 Å². The maximum Gasteiger partial charge on any atom is 0.233 e. The SMILES string of the molecule is CCN(C(=O)CSc1nnc(Nc2ccc(OC)cc2)s1)[C@@H]1CCS(=O)(=O)C1. The lowest BCUT2D eigenvalue weighted by Gasteiger charge is -2.26. The summed E-state index contributed by atoms with van der Waals surface area (Å²) in [5.74, 6) is 1.13. The zero-order valence-corrected chi connectivity index (χ0v) is 18.1. The van der Waals surface area contributed by atoms with Crippen molar-refractivity contribution < 1.29 is 17.9 Å². The molecular formula is C17H22N4O4S3. The van der Waals surface area contributed by atoms with Gasteiger partial charge in [-0.2, -0.15) is 0 Å². The number of rotatable bonds is 8. The van der Waals surface area contributed by atoms with E-state index in [2.05, 4.69) is 15.5 Å². The van der Waals surface area contributed by atoms with Crippen LogP contribution in [0.3, 0.4) is 0 Å². The number of hydrogen-bond donors (Lipinski definition) is 1. The molecule has 0 saturated carbocycles. The van der Waals surface area contributed by atoms with Crippen molar-refractivity contribution in [2.75, 3.05) is 36.2 Å². The Hall–Kier alpha value is -1.85. The van der Waals surface area contributed by atoms with Crippen LogP contribution in [0.4, 0.5) is 10.8 Å². The Bertz CT molecular complexity index is 915. The highest BCUT2D eigenvalue weighted by molar-refractivity contribution is 8.01. The minimum absolute atomic E-state index is 0.0615. The second-order valence-electron chi connectivity index (χ2n) is 6.25. The van der Waals surface area contributed by atoms with Gasteiger partial charge in [0.2, 0.25) is 11.0 Å². The zero-order chi connectivity index (χ0) is 20.1. The van der Waals surface area contributed by atoms with Crippen LogP contribution in [0.5, 0.6) is 5.75 Å². The van der Waals surface area contributed by atoms with Crippen LogP contribution in [0.1, 0.15) is 13.3 Å². The molecule has 0 aliphatic carbocycles. The lowest BCUT2D eigenvalue weighted by atomic mass is 10.2. The number of methoxy groups -OCH3 is 1. The number of anilines is 2. The van der Waals surface area contributed by atoms with Crippen LogP contribution >= 0.6 is 23.1 Å². The van der Waals surface area contributed by atoms with Crippen LogP contribution in [0.2, 0.25) is 0 Å². The van der Waals surface area contributed by atoms with Crippen LogP contribution in [0, 0.1) is 0 Å². The van der Waals surface area contributed by atoms with Crippen LogP contribution in [0.15, 0.2) is 28.6 Å². The van der Waals surface area contributed by atoms with Crippen molar-refractivity contribution in [3.05, 3.63) is 24.3 Å². The summed E-state index contributed by atoms with van der Waals surface area (Å²) in [6, 6.07) is 7.24. The van der Waals surface area contributed by atoms with E-state index in [9.17, 15) is 13.2 Å². The van der Waals surface area contributed by atoms with E-state index in [1.54, 1.807) is 12.0 Å². The number of amides is 1. The normalized spacial score (nSPS) is 18.0. The molecule has 1 fully saturated rings. The van der Waals surface area contributed by atoms with Crippen molar-refractivity contribution in [2.45, 2.75) is 23.7 Å². The maximum atomic E-state index is 12.5. The molecule has 1 aliphatic rings. The quantitative estimate of drug-likeness (QED) is 0.622. The Kier molecular flexibility index (Phi) is 6.78. The Morgan fingerprint density at radius 2 is 2.11 bits per heavy atom. The van der Waals surface area contributed by atoms with Crippen molar-refractivity contribution in [3.63, 3.8) is 0 Å². The highest BCUT2D eigenvalue weighted by atomic mass is 32.2. The van der Waals surface area contributed by atoms with Gasteiger partial charge in [0.05, 0.1) is 24.4 Å². The summed E-state index contributed by atoms with van der Waals surface area (Å²) in [7, 11) is -1.40. The van der Waals surface area contributed by atoms with E-state index in [1.165, 1.54) is 23.1 Å². The molecule has 0 unspecified atom stereocenters. The average Bonchev–Trinajstić information content (AvgIpc) is 3.27. The summed E-state index contributed by atoms with van der Waals surface area (Å²) in [5.41, 5.74) is 0.865. The summed E-state index contributed by atoms with van der Waals surface area (Å²) < 4.78 is 29.2. The van der Waals surface area contributed by atoms with Gasteiger partial charge in [0, 0.05) is 18.3 Å². The molecule has 1 aliphatic heterocycles. The maximum absolute atomic E-state index is 12.5. The fourth-order valence-corrected chi connectivity index (χ4v) is 6.37. The van der Waals surface area contributed by atoms with Gasteiger partial charge in [-0.1, -0.05) is 23.1 Å². The van der Waals surface area contributed by atoms with Gasteiger partial charge >= 0.3 is 0 Å². The van der Waals surface area contributed by atoms with Gasteiger partial charge < -0.3 is 15.0 Å². The summed E-state index contributed by atoms with van der Waals surface area (Å²) in [5, 5.41) is 12.0. The monoisotopic (exact) mass is 442 g/mol. The highest BCUT2D eigenvalue weighted by Gasteiger charge is 2.33. The summed E-state index contributed by atoms with van der Waals surface area (Å²) in [4.78, 5) is 14.2. The van der Waals surface area contributed by atoms with Crippen molar-refractivity contribution in [3.8, 4) is 5.75 Å². The number of thioether (sulfide) groups is 1. The predicted molar refractivity (Wildman–Crippen MR) is 111 cm³/mol. The minimum Gasteiger partial charge on any atom is -0.497 e. The van der Waals surface area contributed by atoms with Gasteiger partial charge in [0.1, 0.15) is 5.75 Å². The molecule has 2 aromatic rings. The number of benzene rings is 1. The van der Waals surface area contributed by atoms with E-state index in [0.29, 0.717) is 22.4 Å². The molecule has 2 heterocycles. The molecule has 3 rings (SSSR count). The number of nitrogens with zero attached hydrogens (tertiary/aromatic N) is 3. The number of ether oxygens (including phenoxy) is 1. The number of aromatic nitrogens is 2. The molecule has 1 atom stereocenters. The minimum atomic E-state index is -3.02. The molecule has 1 amide bonds. The van der Waals surface area contributed by atoms with Crippen LogP contribution in [-0.4, -0.2) is 66.4 Å². The molecular weight excluding hydrogens is 420 g/mol. The van der Waals surface area contributed by atoms with E-state index in [4.69, 9.17) is 4.74 Å². The molecule has 152 valence electrons. The summed E-state index contributed by atoms with van der Waals surface area (Å²) in [6.45, 7) is 2.37. The molecule has 1 saturated heterocycles. The first-order valence-corrected chi connectivity index (χ1v) is 12.4. The van der Waals surface area contributed by atoms with Crippen molar-refractivity contribution in [1.82, 2.24) is 15.1 Å².